The number of hydrogen-bond donors (Lipinski definition) is 0. The van der Waals surface area contributed by atoms with Gasteiger partial charge in [0.2, 0.25) is 0 Å². The van der Waals surface area contributed by atoms with Gasteiger partial charge in [0.05, 0.1) is 11.7 Å². The van der Waals surface area contributed by atoms with Crippen LogP contribution in [0.2, 0.25) is 0 Å². The van der Waals surface area contributed by atoms with Crippen molar-refractivity contribution in [3.63, 3.8) is 0 Å². The maximum atomic E-state index is 6.56. The summed E-state index contributed by atoms with van der Waals surface area (Å²) in [5.74, 6) is 2.75. The molecule has 0 bridgehead atoms. The highest BCUT2D eigenvalue weighted by Gasteiger charge is 2.43. The van der Waals surface area contributed by atoms with Crippen LogP contribution in [0.25, 0.3) is 5.70 Å². The lowest BCUT2D eigenvalue weighted by atomic mass is 10.0. The highest BCUT2D eigenvalue weighted by atomic mass is 35.5. The molecule has 0 radical (unpaired) electrons. The van der Waals surface area contributed by atoms with Gasteiger partial charge in [-0.1, -0.05) is 31.5 Å². The summed E-state index contributed by atoms with van der Waals surface area (Å²) < 4.78 is 2.10. The highest BCUT2D eigenvalue weighted by Crippen LogP contribution is 2.43. The van der Waals surface area contributed by atoms with E-state index < -0.39 is 0 Å². The van der Waals surface area contributed by atoms with Gasteiger partial charge in [-0.3, -0.25) is 4.57 Å². The zero-order chi connectivity index (χ0) is 16.8. The molecule has 0 N–H and O–H groups in total. The monoisotopic (exact) mass is 345 g/mol. The normalized spacial score (nSPS) is 24.8. The molecule has 1 fully saturated rings. The average molecular weight is 346 g/mol. The number of halogens is 1. The quantitative estimate of drug-likeness (QED) is 0.762. The third-order valence-corrected chi connectivity index (χ3v) is 5.89. The number of fused-ring (bicyclic) bond motifs is 3. The Labute approximate surface area is 148 Å². The largest absolute Gasteiger partial charge is 0.342 e. The zero-order valence-corrected chi connectivity index (χ0v) is 15.3. The van der Waals surface area contributed by atoms with E-state index in [9.17, 15) is 0 Å². The van der Waals surface area contributed by atoms with Crippen LogP contribution in [0, 0.1) is 5.92 Å². The summed E-state index contributed by atoms with van der Waals surface area (Å²) in [6, 6.07) is 0.641. The standard InChI is InChI=1S/C18H24ClN5/c1-4-12-8-9-15-17(21-16(12)19)24(11(3)13-6-7-13)14(5-2)18-22-20-10-23(15)18/h9-11,13-14H,4-8H2,1-3H3. The number of hydrogen-bond acceptors (Lipinski definition) is 4. The van der Waals surface area contributed by atoms with E-state index in [-0.39, 0.29) is 6.04 Å². The number of aliphatic imine (C=N–C) groups is 1. The first-order valence-electron chi connectivity index (χ1n) is 9.01. The van der Waals surface area contributed by atoms with Crippen molar-refractivity contribution in [1.82, 2.24) is 19.7 Å². The Morgan fingerprint density at radius 1 is 1.33 bits per heavy atom. The van der Waals surface area contributed by atoms with Crippen LogP contribution >= 0.6 is 11.6 Å². The molecule has 2 unspecified atom stereocenters. The molecular formula is C18H24ClN5. The molecule has 5 nitrogen and oxygen atoms in total. The topological polar surface area (TPSA) is 46.3 Å². The van der Waals surface area contributed by atoms with Gasteiger partial charge in [0, 0.05) is 6.04 Å². The summed E-state index contributed by atoms with van der Waals surface area (Å²) in [6.07, 6.45) is 9.38. The van der Waals surface area contributed by atoms with E-state index in [4.69, 9.17) is 16.6 Å². The maximum Gasteiger partial charge on any atom is 0.160 e. The van der Waals surface area contributed by atoms with Crippen molar-refractivity contribution >= 4 is 23.1 Å². The summed E-state index contributed by atoms with van der Waals surface area (Å²) in [7, 11) is 0. The number of aromatic nitrogens is 3. The fourth-order valence-corrected chi connectivity index (χ4v) is 4.19. The van der Waals surface area contributed by atoms with E-state index >= 15 is 0 Å². The molecule has 1 saturated carbocycles. The Morgan fingerprint density at radius 3 is 2.79 bits per heavy atom. The van der Waals surface area contributed by atoms with Crippen molar-refractivity contribution in [2.45, 2.75) is 65.0 Å². The molecule has 4 rings (SSSR count). The number of allylic oxidation sites excluding steroid dienone is 2. The SMILES string of the molecule is CCC1=C(Cl)N=C2C(=CC1)n1cnnc1C(CC)N2C(C)C1CC1. The molecule has 1 aliphatic carbocycles. The Morgan fingerprint density at radius 2 is 2.12 bits per heavy atom. The van der Waals surface area contributed by atoms with Crippen LogP contribution < -0.4 is 0 Å². The minimum atomic E-state index is 0.201. The lowest BCUT2D eigenvalue weighted by Crippen LogP contribution is -2.47. The molecule has 0 amide bonds. The van der Waals surface area contributed by atoms with Crippen molar-refractivity contribution in [3.05, 3.63) is 29.0 Å². The minimum absolute atomic E-state index is 0.201. The molecule has 1 aromatic rings. The maximum absolute atomic E-state index is 6.56. The number of nitrogens with zero attached hydrogens (tertiary/aromatic N) is 5. The molecule has 3 heterocycles. The number of rotatable bonds is 4. The predicted molar refractivity (Wildman–Crippen MR) is 96.6 cm³/mol. The number of amidine groups is 1. The Hall–Kier alpha value is -1.62. The van der Waals surface area contributed by atoms with Crippen LogP contribution in [0.15, 0.2) is 28.1 Å². The first-order chi connectivity index (χ1) is 11.7. The molecule has 2 atom stereocenters. The zero-order valence-electron chi connectivity index (χ0n) is 14.5. The molecule has 128 valence electrons. The minimum Gasteiger partial charge on any atom is -0.342 e. The van der Waals surface area contributed by atoms with Crippen molar-refractivity contribution in [1.29, 1.82) is 0 Å². The van der Waals surface area contributed by atoms with Crippen LogP contribution in [0.5, 0.6) is 0 Å². The van der Waals surface area contributed by atoms with Gasteiger partial charge in [-0.25, -0.2) is 4.99 Å². The third kappa shape index (κ3) is 2.41. The fraction of sp³-hybridized carbons (Fsp3) is 0.611. The van der Waals surface area contributed by atoms with Gasteiger partial charge in [0.25, 0.3) is 0 Å². The van der Waals surface area contributed by atoms with E-state index in [1.54, 1.807) is 0 Å². The van der Waals surface area contributed by atoms with E-state index in [1.165, 1.54) is 18.4 Å². The lowest BCUT2D eigenvalue weighted by Gasteiger charge is -2.42. The molecule has 2 aliphatic heterocycles. The molecule has 1 aromatic heterocycles. The highest BCUT2D eigenvalue weighted by molar-refractivity contribution is 6.32. The summed E-state index contributed by atoms with van der Waals surface area (Å²) in [5.41, 5.74) is 2.27. The van der Waals surface area contributed by atoms with Crippen LogP contribution in [0.1, 0.15) is 64.7 Å². The molecule has 0 saturated heterocycles. The second kappa shape index (κ2) is 6.03. The predicted octanol–water partition coefficient (Wildman–Crippen LogP) is 4.35. The Bertz CT molecular complexity index is 740. The second-order valence-electron chi connectivity index (χ2n) is 6.95. The first kappa shape index (κ1) is 15.9. The Balaban J connectivity index is 1.89. The van der Waals surface area contributed by atoms with Crippen LogP contribution in [0.4, 0.5) is 0 Å². The summed E-state index contributed by atoms with van der Waals surface area (Å²) in [5, 5.41) is 9.26. The van der Waals surface area contributed by atoms with Gasteiger partial charge in [-0.2, -0.15) is 0 Å². The van der Waals surface area contributed by atoms with E-state index in [0.29, 0.717) is 11.2 Å². The second-order valence-corrected chi connectivity index (χ2v) is 7.30. The average Bonchev–Trinajstić information content (AvgIpc) is 3.35. The summed E-state index contributed by atoms with van der Waals surface area (Å²) >= 11 is 6.56. The first-order valence-corrected chi connectivity index (χ1v) is 9.38. The summed E-state index contributed by atoms with van der Waals surface area (Å²) in [4.78, 5) is 7.34. The van der Waals surface area contributed by atoms with Gasteiger partial charge >= 0.3 is 0 Å². The van der Waals surface area contributed by atoms with Crippen molar-refractivity contribution < 1.29 is 0 Å². The van der Waals surface area contributed by atoms with E-state index in [1.807, 2.05) is 6.33 Å². The molecular weight excluding hydrogens is 322 g/mol. The molecule has 0 spiro atoms. The van der Waals surface area contributed by atoms with Crippen molar-refractivity contribution in [2.75, 3.05) is 0 Å². The summed E-state index contributed by atoms with van der Waals surface area (Å²) in [6.45, 7) is 6.65. The molecule has 0 aromatic carbocycles. The lowest BCUT2D eigenvalue weighted by molar-refractivity contribution is 0.209. The molecule has 6 heteroatoms. The van der Waals surface area contributed by atoms with Gasteiger partial charge in [-0.05, 0) is 50.5 Å². The van der Waals surface area contributed by atoms with Crippen molar-refractivity contribution in [2.24, 2.45) is 10.9 Å². The van der Waals surface area contributed by atoms with Crippen LogP contribution in [-0.2, 0) is 0 Å². The third-order valence-electron chi connectivity index (χ3n) is 5.54. The smallest absolute Gasteiger partial charge is 0.160 e. The van der Waals surface area contributed by atoms with Crippen LogP contribution in [0.3, 0.4) is 0 Å². The van der Waals surface area contributed by atoms with Crippen LogP contribution in [-0.4, -0.2) is 31.5 Å². The van der Waals surface area contributed by atoms with Gasteiger partial charge in [-0.15, -0.1) is 10.2 Å². The fourth-order valence-electron chi connectivity index (χ4n) is 3.90. The van der Waals surface area contributed by atoms with E-state index in [2.05, 4.69) is 46.5 Å². The Kier molecular flexibility index (Phi) is 3.99. The van der Waals surface area contributed by atoms with Crippen molar-refractivity contribution in [3.8, 4) is 0 Å². The molecule has 24 heavy (non-hydrogen) atoms. The van der Waals surface area contributed by atoms with Gasteiger partial charge in [0.15, 0.2) is 11.7 Å². The molecule has 3 aliphatic rings. The van der Waals surface area contributed by atoms with Gasteiger partial charge < -0.3 is 4.90 Å². The van der Waals surface area contributed by atoms with E-state index in [0.717, 1.165) is 42.5 Å². The van der Waals surface area contributed by atoms with Gasteiger partial charge in [0.1, 0.15) is 11.5 Å².